The molecule has 0 aromatic heterocycles. The summed E-state index contributed by atoms with van der Waals surface area (Å²) in [5.41, 5.74) is 1.16. The second-order valence-corrected chi connectivity index (χ2v) is 8.03. The highest BCUT2D eigenvalue weighted by Crippen LogP contribution is 2.50. The number of hydrogen-bond donors (Lipinski definition) is 1. The van der Waals surface area contributed by atoms with E-state index in [-0.39, 0.29) is 31.2 Å². The van der Waals surface area contributed by atoms with Crippen LogP contribution in [0.15, 0.2) is 42.5 Å². The molecule has 1 aliphatic heterocycles. The molecule has 1 aliphatic carbocycles. The molecule has 0 amide bonds. The molecule has 1 N–H and O–H groups in total. The lowest BCUT2D eigenvalue weighted by atomic mass is 9.67. The quantitative estimate of drug-likeness (QED) is 0.771. The summed E-state index contributed by atoms with van der Waals surface area (Å²) in [6, 6.07) is 14.1. The summed E-state index contributed by atoms with van der Waals surface area (Å²) in [5, 5.41) is 12.0. The summed E-state index contributed by atoms with van der Waals surface area (Å²) in [6.45, 7) is 0.241. The Kier molecular flexibility index (Phi) is 6.62. The Morgan fingerprint density at radius 2 is 1.90 bits per heavy atom. The molecular formula is C23H30ClNO4. The zero-order valence-electron chi connectivity index (χ0n) is 17.3. The monoisotopic (exact) mass is 419 g/mol. The number of methoxy groups -OCH3 is 1. The third-order valence-electron chi connectivity index (χ3n) is 6.18. The molecule has 1 saturated carbocycles. The number of fused-ring (bicyclic) bond motifs is 1. The largest absolute Gasteiger partial charge is 0.497 e. The molecule has 0 spiro atoms. The van der Waals surface area contributed by atoms with Gasteiger partial charge in [0, 0.05) is 12.0 Å². The van der Waals surface area contributed by atoms with Crippen molar-refractivity contribution in [2.24, 2.45) is 5.92 Å². The molecule has 0 saturated heterocycles. The lowest BCUT2D eigenvalue weighted by Crippen LogP contribution is -2.45. The Morgan fingerprint density at radius 3 is 2.66 bits per heavy atom. The molecule has 1 fully saturated rings. The van der Waals surface area contributed by atoms with E-state index < -0.39 is 5.60 Å². The van der Waals surface area contributed by atoms with Crippen molar-refractivity contribution >= 4 is 12.4 Å². The zero-order valence-corrected chi connectivity index (χ0v) is 18.1. The summed E-state index contributed by atoms with van der Waals surface area (Å²) in [4.78, 5) is 2.21. The third kappa shape index (κ3) is 4.04. The van der Waals surface area contributed by atoms with Crippen LogP contribution in [0, 0.1) is 5.92 Å². The lowest BCUT2D eigenvalue weighted by Gasteiger charge is -2.46. The van der Waals surface area contributed by atoms with E-state index in [1.165, 1.54) is 0 Å². The van der Waals surface area contributed by atoms with E-state index in [1.807, 2.05) is 30.3 Å². The standard InChI is InChI=1S/C23H29NO4.ClH/c1-24(2)22(16-7-6-8-18(13-16)26-3)19-9-4-5-12-23(19,25)17-10-11-20-21(14-17)28-15-27-20;/h6-8,10-11,13-14,19,22,25H,4-5,9,12,15H2,1-3H3;1H. The van der Waals surface area contributed by atoms with Gasteiger partial charge >= 0.3 is 0 Å². The third-order valence-corrected chi connectivity index (χ3v) is 6.18. The SMILES string of the molecule is COc1cccc(C(C2CCCCC2(O)c2ccc3c(c2)OCO3)N(C)C)c1.Cl. The zero-order chi connectivity index (χ0) is 19.7. The van der Waals surface area contributed by atoms with Crippen molar-refractivity contribution in [3.8, 4) is 17.2 Å². The Morgan fingerprint density at radius 1 is 1.10 bits per heavy atom. The van der Waals surface area contributed by atoms with Gasteiger partial charge in [0.05, 0.1) is 12.7 Å². The van der Waals surface area contributed by atoms with Gasteiger partial charge in [-0.2, -0.15) is 0 Å². The summed E-state index contributed by atoms with van der Waals surface area (Å²) < 4.78 is 16.5. The minimum Gasteiger partial charge on any atom is -0.497 e. The normalized spacial score (nSPS) is 24.1. The van der Waals surface area contributed by atoms with Crippen molar-refractivity contribution in [1.29, 1.82) is 0 Å². The first-order valence-electron chi connectivity index (χ1n) is 9.96. The van der Waals surface area contributed by atoms with Crippen LogP contribution in [0.3, 0.4) is 0 Å². The van der Waals surface area contributed by atoms with E-state index in [0.29, 0.717) is 0 Å². The van der Waals surface area contributed by atoms with Crippen LogP contribution < -0.4 is 14.2 Å². The van der Waals surface area contributed by atoms with Gasteiger partial charge in [0.2, 0.25) is 6.79 Å². The van der Waals surface area contributed by atoms with Crippen LogP contribution in [0.25, 0.3) is 0 Å². The van der Waals surface area contributed by atoms with E-state index in [1.54, 1.807) is 7.11 Å². The molecule has 158 valence electrons. The Bertz CT molecular complexity index is 843. The molecule has 2 aromatic rings. The number of halogens is 1. The van der Waals surface area contributed by atoms with Crippen molar-refractivity contribution in [2.45, 2.75) is 37.3 Å². The minimum absolute atomic E-state index is 0. The van der Waals surface area contributed by atoms with Crippen molar-refractivity contribution in [3.05, 3.63) is 53.6 Å². The van der Waals surface area contributed by atoms with Gasteiger partial charge in [0.1, 0.15) is 5.75 Å². The molecule has 29 heavy (non-hydrogen) atoms. The first kappa shape index (κ1) is 21.8. The van der Waals surface area contributed by atoms with Crippen LogP contribution in [0.5, 0.6) is 17.2 Å². The van der Waals surface area contributed by atoms with Gasteiger partial charge in [-0.3, -0.25) is 0 Å². The highest BCUT2D eigenvalue weighted by Gasteiger charge is 2.46. The summed E-state index contributed by atoms with van der Waals surface area (Å²) in [7, 11) is 5.85. The molecule has 0 bridgehead atoms. The maximum atomic E-state index is 12.0. The number of ether oxygens (including phenoxy) is 3. The van der Waals surface area contributed by atoms with Crippen molar-refractivity contribution in [3.63, 3.8) is 0 Å². The van der Waals surface area contributed by atoms with Crippen molar-refractivity contribution in [1.82, 2.24) is 4.90 Å². The molecule has 3 unspecified atom stereocenters. The number of hydrogen-bond acceptors (Lipinski definition) is 5. The molecule has 6 heteroatoms. The van der Waals surface area contributed by atoms with Gasteiger partial charge in [-0.05, 0) is 62.3 Å². The topological polar surface area (TPSA) is 51.2 Å². The summed E-state index contributed by atoms with van der Waals surface area (Å²) in [6.07, 6.45) is 3.84. The molecule has 0 radical (unpaired) electrons. The molecular weight excluding hydrogens is 390 g/mol. The van der Waals surface area contributed by atoms with E-state index in [2.05, 4.69) is 31.1 Å². The molecule has 3 atom stereocenters. The fraction of sp³-hybridized carbons (Fsp3) is 0.478. The number of rotatable bonds is 5. The summed E-state index contributed by atoms with van der Waals surface area (Å²) >= 11 is 0. The van der Waals surface area contributed by atoms with E-state index in [4.69, 9.17) is 14.2 Å². The number of aliphatic hydroxyl groups is 1. The second-order valence-electron chi connectivity index (χ2n) is 8.03. The first-order valence-corrected chi connectivity index (χ1v) is 9.96. The molecule has 2 aliphatic rings. The van der Waals surface area contributed by atoms with Crippen molar-refractivity contribution in [2.75, 3.05) is 28.0 Å². The van der Waals surface area contributed by atoms with Gasteiger partial charge in [0.25, 0.3) is 0 Å². The smallest absolute Gasteiger partial charge is 0.231 e. The van der Waals surface area contributed by atoms with Gasteiger partial charge in [-0.25, -0.2) is 0 Å². The lowest BCUT2D eigenvalue weighted by molar-refractivity contribution is -0.0838. The minimum atomic E-state index is -0.919. The van der Waals surface area contributed by atoms with Gasteiger partial charge in [-0.1, -0.05) is 31.0 Å². The number of benzene rings is 2. The van der Waals surface area contributed by atoms with Crippen LogP contribution in [-0.4, -0.2) is 38.0 Å². The first-order chi connectivity index (χ1) is 13.5. The fourth-order valence-electron chi connectivity index (χ4n) is 4.84. The van der Waals surface area contributed by atoms with Gasteiger partial charge in [-0.15, -0.1) is 12.4 Å². The fourth-order valence-corrected chi connectivity index (χ4v) is 4.84. The van der Waals surface area contributed by atoms with E-state index >= 15 is 0 Å². The maximum Gasteiger partial charge on any atom is 0.231 e. The number of nitrogens with zero attached hydrogens (tertiary/aromatic N) is 1. The Hall–Kier alpha value is -1.95. The predicted octanol–water partition coefficient (Wildman–Crippen LogP) is 4.53. The van der Waals surface area contributed by atoms with Crippen LogP contribution in [0.2, 0.25) is 0 Å². The van der Waals surface area contributed by atoms with Crippen LogP contribution in [0.4, 0.5) is 0 Å². The van der Waals surface area contributed by atoms with E-state index in [0.717, 1.165) is 54.1 Å². The van der Waals surface area contributed by atoms with Crippen molar-refractivity contribution < 1.29 is 19.3 Å². The summed E-state index contributed by atoms with van der Waals surface area (Å²) in [5.74, 6) is 2.37. The molecule has 1 heterocycles. The molecule has 2 aromatic carbocycles. The van der Waals surface area contributed by atoms with Crippen LogP contribution in [-0.2, 0) is 5.60 Å². The molecule has 4 rings (SSSR count). The predicted molar refractivity (Wildman–Crippen MR) is 115 cm³/mol. The average Bonchev–Trinajstić information content (AvgIpc) is 3.17. The Balaban J connectivity index is 0.00000240. The second kappa shape index (κ2) is 8.82. The molecule has 5 nitrogen and oxygen atoms in total. The van der Waals surface area contributed by atoms with Crippen LogP contribution >= 0.6 is 12.4 Å². The van der Waals surface area contributed by atoms with Gasteiger partial charge in [0.15, 0.2) is 11.5 Å². The maximum absolute atomic E-state index is 12.0. The van der Waals surface area contributed by atoms with Gasteiger partial charge < -0.3 is 24.2 Å². The van der Waals surface area contributed by atoms with E-state index in [9.17, 15) is 5.11 Å². The highest BCUT2D eigenvalue weighted by molar-refractivity contribution is 5.85. The van der Waals surface area contributed by atoms with Crippen LogP contribution in [0.1, 0.15) is 42.9 Å². The Labute approximate surface area is 179 Å². The average molecular weight is 420 g/mol. The highest BCUT2D eigenvalue weighted by atomic mass is 35.5.